The molecule has 2 rings (SSSR count). The van der Waals surface area contributed by atoms with E-state index in [9.17, 15) is 19.2 Å². The van der Waals surface area contributed by atoms with Gasteiger partial charge in [-0.25, -0.2) is 9.59 Å². The summed E-state index contributed by atoms with van der Waals surface area (Å²) >= 11 is 0. The number of carbonyl (C=O) groups is 4. The summed E-state index contributed by atoms with van der Waals surface area (Å²) in [5.74, 6) is -1.22. The Morgan fingerprint density at radius 1 is 1.11 bits per heavy atom. The highest BCUT2D eigenvalue weighted by atomic mass is 16.6. The molecule has 0 aromatic heterocycles. The van der Waals surface area contributed by atoms with Gasteiger partial charge < -0.3 is 25.4 Å². The number of hydrogen-bond donors (Lipinski definition) is 3. The topological polar surface area (TPSA) is 123 Å². The van der Waals surface area contributed by atoms with E-state index >= 15 is 0 Å². The maximum atomic E-state index is 12.8. The highest BCUT2D eigenvalue weighted by Crippen LogP contribution is 2.33. The van der Waals surface area contributed by atoms with Gasteiger partial charge in [0, 0.05) is 12.5 Å². The maximum absolute atomic E-state index is 12.8. The van der Waals surface area contributed by atoms with Gasteiger partial charge in [-0.3, -0.25) is 9.59 Å². The van der Waals surface area contributed by atoms with Crippen LogP contribution in [0.25, 0.3) is 0 Å². The molecule has 1 unspecified atom stereocenters. The molecule has 0 radical (unpaired) electrons. The van der Waals surface area contributed by atoms with Crippen molar-refractivity contribution < 1.29 is 28.7 Å². The van der Waals surface area contributed by atoms with Gasteiger partial charge in [0.05, 0.1) is 7.11 Å². The summed E-state index contributed by atoms with van der Waals surface area (Å²) < 4.78 is 10.0. The standard InChI is InChI=1S/C19H31N3O6/c1-19(2,3)28-18(26)22-13(9-11-5-6-11)16(24)21-14(17(25)27-4)10-12-7-8-20-15(12)23/h11-14H,5-10H2,1-4H3,(H,20,23)(H,21,24)(H,22,26)/t12-,13-,14?/m0/s1. The lowest BCUT2D eigenvalue weighted by Gasteiger charge is -2.25. The predicted molar refractivity (Wildman–Crippen MR) is 100 cm³/mol. The van der Waals surface area contributed by atoms with Crippen molar-refractivity contribution in [1.82, 2.24) is 16.0 Å². The third-order valence-electron chi connectivity index (χ3n) is 4.76. The predicted octanol–water partition coefficient (Wildman–Crippen LogP) is 0.864. The van der Waals surface area contributed by atoms with Crippen molar-refractivity contribution in [2.45, 2.75) is 70.6 Å². The molecular weight excluding hydrogens is 366 g/mol. The Labute approximate surface area is 165 Å². The summed E-state index contributed by atoms with van der Waals surface area (Å²) in [6.07, 6.45) is 2.56. The Kier molecular flexibility index (Phi) is 7.26. The monoisotopic (exact) mass is 397 g/mol. The van der Waals surface area contributed by atoms with E-state index in [2.05, 4.69) is 16.0 Å². The summed E-state index contributed by atoms with van der Waals surface area (Å²) in [5.41, 5.74) is -0.685. The van der Waals surface area contributed by atoms with E-state index in [4.69, 9.17) is 9.47 Å². The molecule has 9 nitrogen and oxygen atoms in total. The molecule has 3 N–H and O–H groups in total. The van der Waals surface area contributed by atoms with Crippen LogP contribution in [0.1, 0.15) is 52.9 Å². The van der Waals surface area contributed by atoms with Gasteiger partial charge in [-0.1, -0.05) is 12.8 Å². The largest absolute Gasteiger partial charge is 0.467 e. The van der Waals surface area contributed by atoms with Crippen LogP contribution >= 0.6 is 0 Å². The minimum atomic E-state index is -0.950. The Bertz CT molecular complexity index is 611. The van der Waals surface area contributed by atoms with Crippen LogP contribution in [-0.4, -0.2) is 55.2 Å². The van der Waals surface area contributed by atoms with Gasteiger partial charge in [-0.05, 0) is 46.0 Å². The number of ether oxygens (including phenoxy) is 2. The first-order valence-corrected chi connectivity index (χ1v) is 9.74. The third kappa shape index (κ3) is 7.01. The Morgan fingerprint density at radius 3 is 2.29 bits per heavy atom. The van der Waals surface area contributed by atoms with Gasteiger partial charge in [-0.2, -0.15) is 0 Å². The van der Waals surface area contributed by atoms with E-state index in [1.807, 2.05) is 0 Å². The molecule has 0 spiro atoms. The van der Waals surface area contributed by atoms with Crippen LogP contribution in [0, 0.1) is 11.8 Å². The fourth-order valence-corrected chi connectivity index (χ4v) is 3.15. The molecule has 1 heterocycles. The van der Waals surface area contributed by atoms with E-state index in [1.165, 1.54) is 7.11 Å². The second kappa shape index (κ2) is 9.25. The Morgan fingerprint density at radius 2 is 1.79 bits per heavy atom. The lowest BCUT2D eigenvalue weighted by atomic mass is 9.98. The van der Waals surface area contributed by atoms with Crippen LogP contribution in [-0.2, 0) is 23.9 Å². The highest BCUT2D eigenvalue weighted by molar-refractivity contribution is 5.90. The van der Waals surface area contributed by atoms with Crippen LogP contribution in [0.5, 0.6) is 0 Å². The van der Waals surface area contributed by atoms with Crippen LogP contribution in [0.2, 0.25) is 0 Å². The summed E-state index contributed by atoms with van der Waals surface area (Å²) in [5, 5.41) is 7.97. The van der Waals surface area contributed by atoms with Crippen molar-refractivity contribution in [3.8, 4) is 0 Å². The first kappa shape index (κ1) is 22.0. The minimum absolute atomic E-state index is 0.135. The molecule has 2 fully saturated rings. The van der Waals surface area contributed by atoms with Gasteiger partial charge in [0.15, 0.2) is 0 Å². The first-order valence-electron chi connectivity index (χ1n) is 9.74. The van der Waals surface area contributed by atoms with E-state index in [0.29, 0.717) is 25.3 Å². The first-order chi connectivity index (χ1) is 13.1. The number of rotatable bonds is 8. The Balaban J connectivity index is 2.01. The van der Waals surface area contributed by atoms with Crippen molar-refractivity contribution in [1.29, 1.82) is 0 Å². The highest BCUT2D eigenvalue weighted by Gasteiger charge is 2.36. The average molecular weight is 397 g/mol. The number of carbonyl (C=O) groups excluding carboxylic acids is 4. The second-order valence-electron chi connectivity index (χ2n) is 8.47. The summed E-state index contributed by atoms with van der Waals surface area (Å²) in [6, 6.07) is -1.76. The van der Waals surface area contributed by atoms with Crippen LogP contribution in [0.3, 0.4) is 0 Å². The molecule has 1 saturated carbocycles. The van der Waals surface area contributed by atoms with Crippen molar-refractivity contribution >= 4 is 23.9 Å². The zero-order chi connectivity index (χ0) is 20.9. The van der Waals surface area contributed by atoms with E-state index in [-0.39, 0.29) is 18.2 Å². The number of alkyl carbamates (subject to hydrolysis) is 1. The molecule has 158 valence electrons. The molecule has 1 aliphatic carbocycles. The van der Waals surface area contributed by atoms with E-state index < -0.39 is 35.7 Å². The molecule has 2 aliphatic rings. The SMILES string of the molecule is COC(=O)C(C[C@@H]1CCNC1=O)NC(=O)[C@H](CC1CC1)NC(=O)OC(C)(C)C. The lowest BCUT2D eigenvalue weighted by molar-refractivity contribution is -0.146. The summed E-state index contributed by atoms with van der Waals surface area (Å²) in [7, 11) is 1.23. The molecule has 0 aromatic carbocycles. The second-order valence-corrected chi connectivity index (χ2v) is 8.47. The van der Waals surface area contributed by atoms with Crippen LogP contribution in [0.15, 0.2) is 0 Å². The van der Waals surface area contributed by atoms with Gasteiger partial charge in [0.1, 0.15) is 17.7 Å². The van der Waals surface area contributed by atoms with Crippen LogP contribution < -0.4 is 16.0 Å². The molecule has 1 saturated heterocycles. The van der Waals surface area contributed by atoms with Gasteiger partial charge in [0.25, 0.3) is 0 Å². The van der Waals surface area contributed by atoms with Crippen molar-refractivity contribution in [2.24, 2.45) is 11.8 Å². The number of hydrogen-bond acceptors (Lipinski definition) is 6. The van der Waals surface area contributed by atoms with Crippen molar-refractivity contribution in [3.63, 3.8) is 0 Å². The number of amides is 3. The molecule has 28 heavy (non-hydrogen) atoms. The number of nitrogens with one attached hydrogen (secondary N) is 3. The molecule has 0 aromatic rings. The lowest BCUT2D eigenvalue weighted by Crippen LogP contribution is -2.53. The molecular formula is C19H31N3O6. The average Bonchev–Trinajstić information content (AvgIpc) is 3.32. The fraction of sp³-hybridized carbons (Fsp3) is 0.789. The van der Waals surface area contributed by atoms with Crippen LogP contribution in [0.4, 0.5) is 4.79 Å². The zero-order valence-corrected chi connectivity index (χ0v) is 17.0. The van der Waals surface area contributed by atoms with Gasteiger partial charge in [0.2, 0.25) is 11.8 Å². The summed E-state index contributed by atoms with van der Waals surface area (Å²) in [4.78, 5) is 48.9. The van der Waals surface area contributed by atoms with Crippen molar-refractivity contribution in [3.05, 3.63) is 0 Å². The van der Waals surface area contributed by atoms with Crippen molar-refractivity contribution in [2.75, 3.05) is 13.7 Å². The van der Waals surface area contributed by atoms with Gasteiger partial charge in [-0.15, -0.1) is 0 Å². The smallest absolute Gasteiger partial charge is 0.408 e. The number of esters is 1. The molecule has 9 heteroatoms. The Hall–Kier alpha value is -2.32. The molecule has 1 aliphatic heterocycles. The van der Waals surface area contributed by atoms with Gasteiger partial charge >= 0.3 is 12.1 Å². The fourth-order valence-electron chi connectivity index (χ4n) is 3.15. The maximum Gasteiger partial charge on any atom is 0.408 e. The third-order valence-corrected chi connectivity index (χ3v) is 4.76. The number of methoxy groups -OCH3 is 1. The quantitative estimate of drug-likeness (QED) is 0.522. The van der Waals surface area contributed by atoms with E-state index in [0.717, 1.165) is 12.8 Å². The zero-order valence-electron chi connectivity index (χ0n) is 17.0. The molecule has 3 amide bonds. The normalized spacial score (nSPS) is 21.3. The minimum Gasteiger partial charge on any atom is -0.467 e. The molecule has 0 bridgehead atoms. The molecule has 3 atom stereocenters. The van der Waals surface area contributed by atoms with E-state index in [1.54, 1.807) is 20.8 Å². The summed E-state index contributed by atoms with van der Waals surface area (Å²) in [6.45, 7) is 5.77.